The van der Waals surface area contributed by atoms with Gasteiger partial charge in [-0.05, 0) is 62.0 Å². The van der Waals surface area contributed by atoms with Gasteiger partial charge in [0.15, 0.2) is 0 Å². The van der Waals surface area contributed by atoms with Gasteiger partial charge in [-0.25, -0.2) is 0 Å². The summed E-state index contributed by atoms with van der Waals surface area (Å²) in [4.78, 5) is 27.5. The number of piperidine rings is 1. The Morgan fingerprint density at radius 2 is 2.17 bits per heavy atom. The minimum atomic E-state index is -0.497. The molecule has 0 bridgehead atoms. The predicted octanol–water partition coefficient (Wildman–Crippen LogP) is 1.23. The zero-order valence-electron chi connectivity index (χ0n) is 17.3. The Morgan fingerprint density at radius 1 is 1.31 bits per heavy atom. The molecular weight excluding hydrogens is 370 g/mol. The quantitative estimate of drug-likeness (QED) is 0.607. The normalized spacial score (nSPS) is 20.6. The van der Waals surface area contributed by atoms with Gasteiger partial charge in [-0.3, -0.25) is 14.5 Å². The lowest BCUT2D eigenvalue weighted by Gasteiger charge is -2.35. The van der Waals surface area contributed by atoms with Gasteiger partial charge < -0.3 is 20.5 Å². The number of rotatable bonds is 8. The summed E-state index contributed by atoms with van der Waals surface area (Å²) in [7, 11) is 0. The molecule has 2 aliphatic heterocycles. The molecule has 160 valence electrons. The minimum absolute atomic E-state index is 0.0553. The first kappa shape index (κ1) is 21.7. The first-order valence-corrected chi connectivity index (χ1v) is 10.8. The zero-order chi connectivity index (χ0) is 20.6. The van der Waals surface area contributed by atoms with E-state index < -0.39 is 6.04 Å². The standard InChI is InChI=1S/C22H33N3O4/c1-2-9-25-10-4-3-5-20(25)22(28)24-19(14-26)13-23-21(27)17-6-7-18-15-29-11-8-16(18)12-17/h6-7,12,19-20,26H,2-5,8-11,13-15H2,1H3,(H,23,27)(H,24,28). The lowest BCUT2D eigenvalue weighted by molar-refractivity contribution is -0.128. The van der Waals surface area contributed by atoms with Gasteiger partial charge >= 0.3 is 0 Å². The summed E-state index contributed by atoms with van der Waals surface area (Å²) >= 11 is 0. The van der Waals surface area contributed by atoms with E-state index in [1.165, 1.54) is 0 Å². The van der Waals surface area contributed by atoms with Crippen molar-refractivity contribution < 1.29 is 19.4 Å². The van der Waals surface area contributed by atoms with Crippen molar-refractivity contribution in [3.8, 4) is 0 Å². The largest absolute Gasteiger partial charge is 0.394 e. The number of likely N-dealkylation sites (tertiary alicyclic amines) is 1. The molecule has 2 amide bonds. The Morgan fingerprint density at radius 3 is 2.97 bits per heavy atom. The Bertz CT molecular complexity index is 707. The second kappa shape index (κ2) is 10.7. The van der Waals surface area contributed by atoms with Crippen LogP contribution in [0.3, 0.4) is 0 Å². The molecule has 7 heteroatoms. The highest BCUT2D eigenvalue weighted by Gasteiger charge is 2.29. The minimum Gasteiger partial charge on any atom is -0.394 e. The van der Waals surface area contributed by atoms with Crippen LogP contribution in [0.1, 0.15) is 54.1 Å². The number of hydrogen-bond donors (Lipinski definition) is 3. The maximum Gasteiger partial charge on any atom is 0.251 e. The van der Waals surface area contributed by atoms with Crippen molar-refractivity contribution in [1.82, 2.24) is 15.5 Å². The molecule has 0 saturated carbocycles. The highest BCUT2D eigenvalue weighted by Crippen LogP contribution is 2.19. The number of ether oxygens (including phenoxy) is 1. The van der Waals surface area contributed by atoms with E-state index in [9.17, 15) is 14.7 Å². The average Bonchev–Trinajstić information content (AvgIpc) is 2.76. The topological polar surface area (TPSA) is 90.9 Å². The Labute approximate surface area is 172 Å². The number of carbonyl (C=O) groups excluding carboxylic acids is 2. The van der Waals surface area contributed by atoms with E-state index in [4.69, 9.17) is 4.74 Å². The van der Waals surface area contributed by atoms with Gasteiger partial charge in [0.2, 0.25) is 5.91 Å². The number of aliphatic hydroxyl groups is 1. The van der Waals surface area contributed by atoms with Gasteiger partial charge in [0.1, 0.15) is 0 Å². The van der Waals surface area contributed by atoms with Crippen molar-refractivity contribution >= 4 is 11.8 Å². The highest BCUT2D eigenvalue weighted by molar-refractivity contribution is 5.94. The smallest absolute Gasteiger partial charge is 0.251 e. The Hall–Kier alpha value is -1.96. The molecule has 1 fully saturated rings. The van der Waals surface area contributed by atoms with Crippen LogP contribution in [-0.4, -0.2) is 66.8 Å². The third-order valence-corrected chi connectivity index (χ3v) is 5.74. The molecular formula is C22H33N3O4. The van der Waals surface area contributed by atoms with Crippen LogP contribution in [0.15, 0.2) is 18.2 Å². The summed E-state index contributed by atoms with van der Waals surface area (Å²) in [5, 5.41) is 15.5. The van der Waals surface area contributed by atoms with Crippen molar-refractivity contribution in [2.75, 3.05) is 32.8 Å². The maximum atomic E-state index is 12.7. The van der Waals surface area contributed by atoms with Crippen LogP contribution in [-0.2, 0) is 22.6 Å². The van der Waals surface area contributed by atoms with Gasteiger partial charge in [-0.2, -0.15) is 0 Å². The average molecular weight is 404 g/mol. The molecule has 2 heterocycles. The molecule has 1 aromatic rings. The van der Waals surface area contributed by atoms with E-state index in [2.05, 4.69) is 22.5 Å². The summed E-state index contributed by atoms with van der Waals surface area (Å²) in [6, 6.07) is 4.99. The molecule has 0 spiro atoms. The van der Waals surface area contributed by atoms with Gasteiger partial charge in [0.05, 0.1) is 31.9 Å². The molecule has 0 radical (unpaired) electrons. The molecule has 3 N–H and O–H groups in total. The third-order valence-electron chi connectivity index (χ3n) is 5.74. The number of hydrogen-bond acceptors (Lipinski definition) is 5. The maximum absolute atomic E-state index is 12.7. The fourth-order valence-corrected chi connectivity index (χ4v) is 4.12. The van der Waals surface area contributed by atoms with Crippen LogP contribution in [0.5, 0.6) is 0 Å². The molecule has 2 aliphatic rings. The van der Waals surface area contributed by atoms with Crippen LogP contribution >= 0.6 is 0 Å². The fourth-order valence-electron chi connectivity index (χ4n) is 4.12. The first-order chi connectivity index (χ1) is 14.1. The molecule has 29 heavy (non-hydrogen) atoms. The number of fused-ring (bicyclic) bond motifs is 1. The van der Waals surface area contributed by atoms with Crippen LogP contribution in [0, 0.1) is 0 Å². The number of aliphatic hydroxyl groups excluding tert-OH is 1. The second-order valence-electron chi connectivity index (χ2n) is 7.93. The number of nitrogens with zero attached hydrogens (tertiary/aromatic N) is 1. The summed E-state index contributed by atoms with van der Waals surface area (Å²) in [5.74, 6) is -0.252. The van der Waals surface area contributed by atoms with Crippen molar-refractivity contribution in [3.05, 3.63) is 34.9 Å². The van der Waals surface area contributed by atoms with Crippen molar-refractivity contribution in [2.45, 2.75) is 57.7 Å². The van der Waals surface area contributed by atoms with Crippen LogP contribution in [0.2, 0.25) is 0 Å². The molecule has 1 aromatic carbocycles. The van der Waals surface area contributed by atoms with E-state index in [0.717, 1.165) is 56.3 Å². The lowest BCUT2D eigenvalue weighted by Crippen LogP contribution is -2.54. The summed E-state index contributed by atoms with van der Waals surface area (Å²) < 4.78 is 5.43. The van der Waals surface area contributed by atoms with Crippen molar-refractivity contribution in [1.29, 1.82) is 0 Å². The molecule has 3 rings (SSSR count). The molecule has 0 aromatic heterocycles. The molecule has 1 saturated heterocycles. The van der Waals surface area contributed by atoms with Crippen LogP contribution in [0.25, 0.3) is 0 Å². The fraction of sp³-hybridized carbons (Fsp3) is 0.636. The van der Waals surface area contributed by atoms with Gasteiger partial charge in [-0.15, -0.1) is 0 Å². The highest BCUT2D eigenvalue weighted by atomic mass is 16.5. The number of carbonyl (C=O) groups is 2. The first-order valence-electron chi connectivity index (χ1n) is 10.8. The van der Waals surface area contributed by atoms with E-state index in [-0.39, 0.29) is 31.0 Å². The van der Waals surface area contributed by atoms with E-state index in [1.54, 1.807) is 6.07 Å². The molecule has 2 atom stereocenters. The van der Waals surface area contributed by atoms with E-state index >= 15 is 0 Å². The molecule has 2 unspecified atom stereocenters. The van der Waals surface area contributed by atoms with E-state index in [0.29, 0.717) is 18.8 Å². The Balaban J connectivity index is 1.53. The van der Waals surface area contributed by atoms with Gasteiger partial charge in [-0.1, -0.05) is 19.4 Å². The van der Waals surface area contributed by atoms with Gasteiger partial charge in [0.25, 0.3) is 5.91 Å². The SMILES string of the molecule is CCCN1CCCCC1C(=O)NC(CO)CNC(=O)c1ccc2c(c1)CCOC2. The van der Waals surface area contributed by atoms with Crippen LogP contribution in [0.4, 0.5) is 0 Å². The lowest BCUT2D eigenvalue weighted by atomic mass is 10.00. The van der Waals surface area contributed by atoms with Crippen molar-refractivity contribution in [3.63, 3.8) is 0 Å². The van der Waals surface area contributed by atoms with Gasteiger partial charge in [0, 0.05) is 12.1 Å². The summed E-state index contributed by atoms with van der Waals surface area (Å²) in [6.45, 7) is 5.20. The predicted molar refractivity (Wildman–Crippen MR) is 111 cm³/mol. The zero-order valence-corrected chi connectivity index (χ0v) is 17.3. The third kappa shape index (κ3) is 5.78. The summed E-state index contributed by atoms with van der Waals surface area (Å²) in [5.41, 5.74) is 2.86. The van der Waals surface area contributed by atoms with Crippen LogP contribution < -0.4 is 10.6 Å². The molecule has 0 aliphatic carbocycles. The Kier molecular flexibility index (Phi) is 8.03. The second-order valence-corrected chi connectivity index (χ2v) is 7.93. The number of amides is 2. The van der Waals surface area contributed by atoms with Crippen molar-refractivity contribution in [2.24, 2.45) is 0 Å². The molecule has 7 nitrogen and oxygen atoms in total. The monoisotopic (exact) mass is 403 g/mol. The summed E-state index contributed by atoms with van der Waals surface area (Å²) in [6.07, 6.45) is 4.82. The number of nitrogens with one attached hydrogen (secondary N) is 2. The number of benzene rings is 1. The van der Waals surface area contributed by atoms with E-state index in [1.807, 2.05) is 12.1 Å².